The first-order chi connectivity index (χ1) is 14.3. The number of aromatic nitrogens is 1. The van der Waals surface area contributed by atoms with Crippen LogP contribution in [0, 0.1) is 24.6 Å². The van der Waals surface area contributed by atoms with Crippen LogP contribution in [0.4, 0.5) is 4.39 Å². The van der Waals surface area contributed by atoms with E-state index >= 15 is 0 Å². The summed E-state index contributed by atoms with van der Waals surface area (Å²) in [4.78, 5) is 32.5. The van der Waals surface area contributed by atoms with Crippen LogP contribution in [0.3, 0.4) is 0 Å². The summed E-state index contributed by atoms with van der Waals surface area (Å²) in [5.41, 5.74) is 1.41. The van der Waals surface area contributed by atoms with Gasteiger partial charge in [0.15, 0.2) is 0 Å². The second kappa shape index (κ2) is 10.2. The normalized spacial score (nSPS) is 14.9. The van der Waals surface area contributed by atoms with Crippen molar-refractivity contribution in [2.45, 2.75) is 46.5 Å². The van der Waals surface area contributed by atoms with E-state index in [9.17, 15) is 14.0 Å². The lowest BCUT2D eigenvalue weighted by atomic mass is 9.95. The quantitative estimate of drug-likeness (QED) is 0.721. The summed E-state index contributed by atoms with van der Waals surface area (Å²) in [6.07, 6.45) is 2.65. The van der Waals surface area contributed by atoms with Gasteiger partial charge in [0, 0.05) is 32.0 Å². The fourth-order valence-electron chi connectivity index (χ4n) is 3.74. The molecular weight excluding hydrogens is 401 g/mol. The second-order valence-electron chi connectivity index (χ2n) is 8.32. The van der Waals surface area contributed by atoms with Gasteiger partial charge in [0.05, 0.1) is 10.7 Å². The molecule has 0 saturated carbocycles. The molecule has 1 saturated heterocycles. The minimum absolute atomic E-state index is 0.00775. The van der Waals surface area contributed by atoms with Crippen LogP contribution in [0.2, 0.25) is 0 Å². The largest absolute Gasteiger partial charge is 0.356 e. The van der Waals surface area contributed by atoms with Crippen LogP contribution in [0.15, 0.2) is 24.3 Å². The number of halogens is 1. The number of benzene rings is 1. The Morgan fingerprint density at radius 1 is 1.27 bits per heavy atom. The predicted molar refractivity (Wildman–Crippen MR) is 117 cm³/mol. The fourth-order valence-corrected chi connectivity index (χ4v) is 4.99. The van der Waals surface area contributed by atoms with Gasteiger partial charge < -0.3 is 10.2 Å². The van der Waals surface area contributed by atoms with E-state index in [1.165, 1.54) is 17.4 Å². The highest BCUT2D eigenvalue weighted by Gasteiger charge is 2.29. The van der Waals surface area contributed by atoms with Gasteiger partial charge in [-0.25, -0.2) is 9.37 Å². The molecule has 0 unspecified atom stereocenters. The summed E-state index contributed by atoms with van der Waals surface area (Å²) in [5.74, 6) is 0.179. The average Bonchev–Trinajstić information content (AvgIpc) is 3.08. The Bertz CT molecular complexity index is 888. The Kier molecular flexibility index (Phi) is 7.58. The molecular formula is C23H30FN3O2S. The lowest BCUT2D eigenvalue weighted by Gasteiger charge is -2.31. The van der Waals surface area contributed by atoms with Gasteiger partial charge in [-0.15, -0.1) is 11.3 Å². The summed E-state index contributed by atoms with van der Waals surface area (Å²) in [7, 11) is 0. The van der Waals surface area contributed by atoms with Crippen molar-refractivity contribution in [3.8, 4) is 0 Å². The summed E-state index contributed by atoms with van der Waals surface area (Å²) >= 11 is 1.49. The number of thiazole rings is 1. The van der Waals surface area contributed by atoms with Crippen molar-refractivity contribution < 1.29 is 14.0 Å². The first kappa shape index (κ1) is 22.4. The lowest BCUT2D eigenvalue weighted by Crippen LogP contribution is -2.43. The molecule has 7 heteroatoms. The van der Waals surface area contributed by atoms with Crippen LogP contribution in [-0.4, -0.2) is 41.3 Å². The number of nitrogens with zero attached hydrogens (tertiary/aromatic N) is 2. The van der Waals surface area contributed by atoms with Crippen LogP contribution in [-0.2, 0) is 17.6 Å². The van der Waals surface area contributed by atoms with E-state index in [-0.39, 0.29) is 23.5 Å². The van der Waals surface area contributed by atoms with Gasteiger partial charge in [-0.3, -0.25) is 9.59 Å². The van der Waals surface area contributed by atoms with Crippen LogP contribution < -0.4 is 5.32 Å². The third kappa shape index (κ3) is 5.65. The van der Waals surface area contributed by atoms with Gasteiger partial charge in [0.2, 0.25) is 5.91 Å². The molecule has 162 valence electrons. The predicted octanol–water partition coefficient (Wildman–Crippen LogP) is 4.00. The zero-order valence-electron chi connectivity index (χ0n) is 17.9. The first-order valence-corrected chi connectivity index (χ1v) is 11.4. The van der Waals surface area contributed by atoms with Crippen molar-refractivity contribution in [1.29, 1.82) is 0 Å². The van der Waals surface area contributed by atoms with Gasteiger partial charge >= 0.3 is 0 Å². The minimum Gasteiger partial charge on any atom is -0.356 e. The number of carbonyl (C=O) groups excluding carboxylic acids is 2. The van der Waals surface area contributed by atoms with E-state index in [1.807, 2.05) is 11.8 Å². The third-order valence-electron chi connectivity index (χ3n) is 5.42. The molecule has 0 bridgehead atoms. The molecule has 1 aliphatic heterocycles. The number of aryl methyl sites for hydroxylation is 1. The monoisotopic (exact) mass is 431 g/mol. The smallest absolute Gasteiger partial charge is 0.265 e. The highest BCUT2D eigenvalue weighted by Crippen LogP contribution is 2.25. The molecule has 0 spiro atoms. The lowest BCUT2D eigenvalue weighted by molar-refractivity contribution is -0.126. The number of hydrogen-bond acceptors (Lipinski definition) is 4. The number of piperidine rings is 1. The molecule has 1 aliphatic rings. The molecule has 1 aromatic heterocycles. The molecule has 1 aromatic carbocycles. The number of nitrogens with one attached hydrogen (secondary N) is 1. The minimum atomic E-state index is -0.242. The molecule has 0 aliphatic carbocycles. The fraction of sp³-hybridized carbons (Fsp3) is 0.522. The van der Waals surface area contributed by atoms with E-state index < -0.39 is 0 Å². The van der Waals surface area contributed by atoms with Crippen LogP contribution in [0.1, 0.15) is 52.6 Å². The van der Waals surface area contributed by atoms with Crippen molar-refractivity contribution in [3.63, 3.8) is 0 Å². The molecule has 2 aromatic rings. The van der Waals surface area contributed by atoms with E-state index in [4.69, 9.17) is 0 Å². The molecule has 2 heterocycles. The van der Waals surface area contributed by atoms with Crippen LogP contribution in [0.25, 0.3) is 0 Å². The Morgan fingerprint density at radius 3 is 2.63 bits per heavy atom. The van der Waals surface area contributed by atoms with Crippen molar-refractivity contribution in [2.24, 2.45) is 11.8 Å². The maximum atomic E-state index is 13.7. The number of rotatable bonds is 7. The molecule has 5 nitrogen and oxygen atoms in total. The van der Waals surface area contributed by atoms with E-state index in [0.717, 1.165) is 22.0 Å². The summed E-state index contributed by atoms with van der Waals surface area (Å²) in [5, 5.41) is 3.93. The summed E-state index contributed by atoms with van der Waals surface area (Å²) in [6, 6.07) is 6.62. The maximum Gasteiger partial charge on any atom is 0.265 e. The topological polar surface area (TPSA) is 62.3 Å². The van der Waals surface area contributed by atoms with Gasteiger partial charge in [-0.2, -0.15) is 0 Å². The molecule has 2 amide bonds. The zero-order chi connectivity index (χ0) is 21.7. The maximum absolute atomic E-state index is 13.7. The standard InChI is InChI=1S/C23H30FN3O2S/c1-15(2)14-20-26-16(3)21(30-20)23(29)27-12-9-18(10-13-27)22(28)25-11-8-17-6-4-5-7-19(17)24/h4-7,15,18H,8-14H2,1-3H3,(H,25,28). The van der Waals surface area contributed by atoms with Crippen LogP contribution >= 0.6 is 11.3 Å². The van der Waals surface area contributed by atoms with E-state index in [0.29, 0.717) is 50.4 Å². The Morgan fingerprint density at radius 2 is 1.97 bits per heavy atom. The summed E-state index contributed by atoms with van der Waals surface area (Å²) in [6.45, 7) is 7.73. The van der Waals surface area contributed by atoms with E-state index in [1.54, 1.807) is 18.2 Å². The Hall–Kier alpha value is -2.28. The number of amides is 2. The van der Waals surface area contributed by atoms with Gasteiger partial charge in [0.25, 0.3) is 5.91 Å². The van der Waals surface area contributed by atoms with Crippen molar-refractivity contribution >= 4 is 23.2 Å². The molecule has 1 N–H and O–H groups in total. The Balaban J connectivity index is 1.47. The average molecular weight is 432 g/mol. The van der Waals surface area contributed by atoms with Gasteiger partial charge in [-0.05, 0) is 43.7 Å². The van der Waals surface area contributed by atoms with Gasteiger partial charge in [0.1, 0.15) is 10.7 Å². The van der Waals surface area contributed by atoms with Crippen LogP contribution in [0.5, 0.6) is 0 Å². The molecule has 0 radical (unpaired) electrons. The van der Waals surface area contributed by atoms with Crippen molar-refractivity contribution in [3.05, 3.63) is 51.2 Å². The first-order valence-electron chi connectivity index (χ1n) is 10.6. The number of likely N-dealkylation sites (tertiary alicyclic amines) is 1. The summed E-state index contributed by atoms with van der Waals surface area (Å²) < 4.78 is 13.7. The van der Waals surface area contributed by atoms with Crippen molar-refractivity contribution in [2.75, 3.05) is 19.6 Å². The third-order valence-corrected chi connectivity index (χ3v) is 6.59. The molecule has 3 rings (SSSR count). The zero-order valence-corrected chi connectivity index (χ0v) is 18.7. The number of hydrogen-bond donors (Lipinski definition) is 1. The van der Waals surface area contributed by atoms with E-state index in [2.05, 4.69) is 24.1 Å². The van der Waals surface area contributed by atoms with Crippen molar-refractivity contribution in [1.82, 2.24) is 15.2 Å². The molecule has 1 fully saturated rings. The SMILES string of the molecule is Cc1nc(CC(C)C)sc1C(=O)N1CCC(C(=O)NCCc2ccccc2F)CC1. The Labute approximate surface area is 181 Å². The molecule has 30 heavy (non-hydrogen) atoms. The molecule has 0 atom stereocenters. The highest BCUT2D eigenvalue weighted by atomic mass is 32.1. The number of carbonyl (C=O) groups is 2. The van der Waals surface area contributed by atoms with Gasteiger partial charge in [-0.1, -0.05) is 32.0 Å². The second-order valence-corrected chi connectivity index (χ2v) is 9.40. The highest BCUT2D eigenvalue weighted by molar-refractivity contribution is 7.13.